The largest absolute Gasteiger partial charge is 0.478 e. The number of aliphatic carboxylic acids is 1. The zero-order valence-electron chi connectivity index (χ0n) is 13.8. The maximum Gasteiger partial charge on any atom is 0.345 e. The van der Waals surface area contributed by atoms with Gasteiger partial charge in [0.25, 0.3) is 0 Å². The molecule has 3 rings (SSSR count). The summed E-state index contributed by atoms with van der Waals surface area (Å²) >= 11 is 0. The highest BCUT2D eigenvalue weighted by Crippen LogP contribution is 2.58. The van der Waals surface area contributed by atoms with Crippen LogP contribution in [0, 0.1) is 35.0 Å². The van der Waals surface area contributed by atoms with E-state index in [2.05, 4.69) is 19.9 Å². The minimum Gasteiger partial charge on any atom is -0.478 e. The van der Waals surface area contributed by atoms with E-state index in [9.17, 15) is 14.7 Å². The molecule has 1 unspecified atom stereocenters. The molecular weight excluding hydrogens is 280 g/mol. The van der Waals surface area contributed by atoms with Gasteiger partial charge in [-0.05, 0) is 44.4 Å². The van der Waals surface area contributed by atoms with Gasteiger partial charge in [-0.15, -0.1) is 0 Å². The van der Waals surface area contributed by atoms with E-state index in [1.807, 2.05) is 13.8 Å². The number of esters is 1. The molecule has 4 heteroatoms. The van der Waals surface area contributed by atoms with E-state index in [4.69, 9.17) is 4.74 Å². The van der Waals surface area contributed by atoms with Crippen molar-refractivity contribution in [2.24, 2.45) is 35.0 Å². The fourth-order valence-corrected chi connectivity index (χ4v) is 5.54. The van der Waals surface area contributed by atoms with Crippen LogP contribution in [0.25, 0.3) is 0 Å². The van der Waals surface area contributed by atoms with Crippen LogP contribution in [-0.2, 0) is 14.3 Å². The number of allylic oxidation sites excluding steroid dienone is 2. The quantitative estimate of drug-likeness (QED) is 0.596. The van der Waals surface area contributed by atoms with Gasteiger partial charge in [-0.2, -0.15) is 0 Å². The lowest BCUT2D eigenvalue weighted by atomic mass is 9.50. The van der Waals surface area contributed by atoms with E-state index in [1.165, 1.54) is 5.57 Å². The second kappa shape index (κ2) is 5.10. The molecule has 22 heavy (non-hydrogen) atoms. The topological polar surface area (TPSA) is 63.6 Å². The van der Waals surface area contributed by atoms with Gasteiger partial charge in [-0.25, -0.2) is 4.79 Å². The van der Waals surface area contributed by atoms with Crippen LogP contribution in [0.1, 0.15) is 47.0 Å². The number of carbonyl (C=O) groups is 2. The normalized spacial score (nSPS) is 47.8. The Morgan fingerprint density at radius 3 is 2.68 bits per heavy atom. The highest BCUT2D eigenvalue weighted by Gasteiger charge is 2.61. The molecule has 1 saturated heterocycles. The molecule has 1 saturated carbocycles. The minimum atomic E-state index is -1.03. The van der Waals surface area contributed by atoms with Crippen molar-refractivity contribution >= 4 is 11.9 Å². The summed E-state index contributed by atoms with van der Waals surface area (Å²) in [7, 11) is 0. The van der Waals surface area contributed by atoms with Crippen LogP contribution in [0.15, 0.2) is 11.6 Å². The average molecular weight is 306 g/mol. The second-order valence-corrected chi connectivity index (χ2v) is 7.88. The smallest absolute Gasteiger partial charge is 0.345 e. The number of carboxylic acid groups (broad SMARTS) is 1. The molecule has 1 aliphatic heterocycles. The zero-order valence-corrected chi connectivity index (χ0v) is 13.8. The summed E-state index contributed by atoms with van der Waals surface area (Å²) in [5.74, 6) is -0.154. The molecule has 0 aromatic heterocycles. The van der Waals surface area contributed by atoms with Crippen LogP contribution in [0.5, 0.6) is 0 Å². The molecule has 3 aliphatic rings. The monoisotopic (exact) mass is 306 g/mol. The van der Waals surface area contributed by atoms with Crippen molar-refractivity contribution in [3.05, 3.63) is 11.6 Å². The van der Waals surface area contributed by atoms with Gasteiger partial charge in [0, 0.05) is 11.8 Å². The van der Waals surface area contributed by atoms with E-state index in [0.29, 0.717) is 11.8 Å². The third-order valence-corrected chi connectivity index (χ3v) is 6.47. The number of hydrogen-bond acceptors (Lipinski definition) is 3. The highest BCUT2D eigenvalue weighted by molar-refractivity contribution is 5.84. The van der Waals surface area contributed by atoms with Crippen LogP contribution in [0.4, 0.5) is 0 Å². The van der Waals surface area contributed by atoms with Gasteiger partial charge in [-0.3, -0.25) is 4.79 Å². The molecule has 122 valence electrons. The zero-order chi connectivity index (χ0) is 16.2. The highest BCUT2D eigenvalue weighted by atomic mass is 16.6. The van der Waals surface area contributed by atoms with Crippen molar-refractivity contribution in [1.82, 2.24) is 0 Å². The molecule has 2 fully saturated rings. The number of rotatable bonds is 1. The first-order valence-electron chi connectivity index (χ1n) is 8.39. The minimum absolute atomic E-state index is 0.0236. The molecule has 0 bridgehead atoms. The lowest BCUT2D eigenvalue weighted by Crippen LogP contribution is -2.59. The second-order valence-electron chi connectivity index (χ2n) is 7.88. The molecule has 4 nitrogen and oxygen atoms in total. The Balaban J connectivity index is 2.05. The van der Waals surface area contributed by atoms with E-state index < -0.39 is 17.5 Å². The van der Waals surface area contributed by atoms with Crippen molar-refractivity contribution in [1.29, 1.82) is 0 Å². The molecule has 0 aromatic rings. The molecule has 0 amide bonds. The van der Waals surface area contributed by atoms with Crippen molar-refractivity contribution in [2.75, 3.05) is 0 Å². The number of carboxylic acids is 1. The first kappa shape index (κ1) is 15.6. The summed E-state index contributed by atoms with van der Waals surface area (Å²) in [6, 6.07) is 0. The molecule has 0 aromatic carbocycles. The van der Waals surface area contributed by atoms with Crippen LogP contribution >= 0.6 is 0 Å². The molecule has 2 aliphatic carbocycles. The van der Waals surface area contributed by atoms with Crippen LogP contribution < -0.4 is 0 Å². The Morgan fingerprint density at radius 2 is 2.05 bits per heavy atom. The summed E-state index contributed by atoms with van der Waals surface area (Å²) < 4.78 is 5.39. The summed E-state index contributed by atoms with van der Waals surface area (Å²) in [6.07, 6.45) is 4.59. The molecule has 7 atom stereocenters. The molecule has 1 heterocycles. The van der Waals surface area contributed by atoms with E-state index in [0.717, 1.165) is 19.3 Å². The van der Waals surface area contributed by atoms with Gasteiger partial charge >= 0.3 is 11.9 Å². The summed E-state index contributed by atoms with van der Waals surface area (Å²) in [5.41, 5.74) is 0.600. The maximum atomic E-state index is 12.8. The van der Waals surface area contributed by atoms with Crippen LogP contribution in [0.3, 0.4) is 0 Å². The van der Waals surface area contributed by atoms with Gasteiger partial charge in [0.2, 0.25) is 6.10 Å². The molecule has 0 spiro atoms. The SMILES string of the molecule is CC1=C[C@@H]2C[C@H](C)CCC2[C@]2(C)C(=O)O[C@H](C(=O)O)[C@@H](C)[C@H]12. The van der Waals surface area contributed by atoms with Gasteiger partial charge in [0.05, 0.1) is 5.41 Å². The number of hydrogen-bond donors (Lipinski definition) is 1. The number of carbonyl (C=O) groups excluding carboxylic acids is 1. The fourth-order valence-electron chi connectivity index (χ4n) is 5.54. The number of ether oxygens (including phenoxy) is 1. The van der Waals surface area contributed by atoms with Crippen molar-refractivity contribution in [3.8, 4) is 0 Å². The molecule has 1 N–H and O–H groups in total. The lowest BCUT2D eigenvalue weighted by molar-refractivity contribution is -0.200. The summed E-state index contributed by atoms with van der Waals surface area (Å²) in [6.45, 7) is 8.26. The van der Waals surface area contributed by atoms with Gasteiger partial charge in [-0.1, -0.05) is 31.9 Å². The molecular formula is C18H26O4. The van der Waals surface area contributed by atoms with E-state index in [-0.39, 0.29) is 23.7 Å². The van der Waals surface area contributed by atoms with E-state index in [1.54, 1.807) is 0 Å². The Hall–Kier alpha value is -1.32. The predicted molar refractivity (Wildman–Crippen MR) is 82.0 cm³/mol. The van der Waals surface area contributed by atoms with Crippen molar-refractivity contribution in [2.45, 2.75) is 53.1 Å². The Kier molecular flexibility index (Phi) is 3.61. The fraction of sp³-hybridized carbons (Fsp3) is 0.778. The third-order valence-electron chi connectivity index (χ3n) is 6.47. The van der Waals surface area contributed by atoms with Gasteiger partial charge < -0.3 is 9.84 Å². The maximum absolute atomic E-state index is 12.8. The number of cyclic esters (lactones) is 1. The van der Waals surface area contributed by atoms with Gasteiger partial charge in [0.1, 0.15) is 0 Å². The van der Waals surface area contributed by atoms with Crippen LogP contribution in [-0.4, -0.2) is 23.1 Å². The van der Waals surface area contributed by atoms with E-state index >= 15 is 0 Å². The lowest BCUT2D eigenvalue weighted by Gasteiger charge is -2.55. The predicted octanol–water partition coefficient (Wildman–Crippen LogP) is 3.27. The molecule has 0 radical (unpaired) electrons. The standard InChI is InChI=1S/C18H26O4/c1-9-5-6-13-12(7-9)8-10(2)14-11(3)15(16(19)20)22-17(21)18(13,14)4/h8-9,11-15H,5-7H2,1-4H3,(H,19,20)/t9-,11+,12+,13?,14+,15+,18+/m1/s1. The Morgan fingerprint density at radius 1 is 1.36 bits per heavy atom. The van der Waals surface area contributed by atoms with Gasteiger partial charge in [0.15, 0.2) is 0 Å². The third kappa shape index (κ3) is 2.03. The Bertz CT molecular complexity index is 537. The summed E-state index contributed by atoms with van der Waals surface area (Å²) in [5, 5.41) is 9.36. The first-order valence-corrected chi connectivity index (χ1v) is 8.39. The van der Waals surface area contributed by atoms with Crippen LogP contribution in [0.2, 0.25) is 0 Å². The van der Waals surface area contributed by atoms with Crippen molar-refractivity contribution in [3.63, 3.8) is 0 Å². The summed E-state index contributed by atoms with van der Waals surface area (Å²) in [4.78, 5) is 24.2. The van der Waals surface area contributed by atoms with Crippen molar-refractivity contribution < 1.29 is 19.4 Å². The first-order chi connectivity index (χ1) is 10.3. The number of fused-ring (bicyclic) bond motifs is 3. The average Bonchev–Trinajstić information content (AvgIpc) is 2.42. The Labute approximate surface area is 131 Å².